The summed E-state index contributed by atoms with van der Waals surface area (Å²) in [6.45, 7) is 2.83. The van der Waals surface area contributed by atoms with Crippen molar-refractivity contribution in [3.05, 3.63) is 12.5 Å². The largest absolute Gasteiger partial charge is 2.00 e. The van der Waals surface area contributed by atoms with E-state index in [0.717, 1.165) is 0 Å². The van der Waals surface area contributed by atoms with Crippen molar-refractivity contribution in [3.8, 4) is 0 Å². The van der Waals surface area contributed by atoms with Crippen LogP contribution in [-0.2, 0) is 21.1 Å². The molecular formula is C4H12N2O2Pt. The minimum Gasteiger partial charge on any atom is -0.549 e. The maximum Gasteiger partial charge on any atom is 2.00 e. The van der Waals surface area contributed by atoms with E-state index in [-0.39, 0.29) is 33.5 Å². The van der Waals surface area contributed by atoms with Gasteiger partial charge in [0.15, 0.2) is 0 Å². The fourth-order valence-electron chi connectivity index (χ4n) is 0. The average Bonchev–Trinajstić information content (AvgIpc) is 1.25. The van der Waals surface area contributed by atoms with E-state index in [4.69, 9.17) is 10.2 Å². The van der Waals surface area contributed by atoms with E-state index < -0.39 is 0 Å². The molecule has 0 bridgehead atoms. The Kier molecular flexibility index (Phi) is 20.5. The van der Waals surface area contributed by atoms with Crippen LogP contribution < -0.4 is 11.5 Å². The Morgan fingerprint density at radius 1 is 1.00 bits per heavy atom. The van der Waals surface area contributed by atoms with Crippen LogP contribution in [0.3, 0.4) is 0 Å². The molecule has 0 aliphatic carbocycles. The van der Waals surface area contributed by atoms with Gasteiger partial charge >= 0.3 is 21.1 Å². The molecule has 6 N–H and O–H groups in total. The van der Waals surface area contributed by atoms with Gasteiger partial charge in [-0.2, -0.15) is 13.8 Å². The van der Waals surface area contributed by atoms with Crippen LogP contribution in [0.2, 0.25) is 0 Å². The third kappa shape index (κ3) is 1300. The Labute approximate surface area is 69.5 Å². The minimum atomic E-state index is -0.0833. The normalized spacial score (nSPS) is 8.00. The van der Waals surface area contributed by atoms with Crippen molar-refractivity contribution >= 4 is 0 Å². The third-order valence-corrected chi connectivity index (χ3v) is 0. The molecule has 0 saturated carbocycles. The summed E-state index contributed by atoms with van der Waals surface area (Å²) in [7, 11) is 0. The number of nitrogens with two attached hydrogens (primary N) is 2. The zero-order valence-corrected chi connectivity index (χ0v) is 7.64. The van der Waals surface area contributed by atoms with Crippen LogP contribution >= 0.6 is 0 Å². The van der Waals surface area contributed by atoms with Gasteiger partial charge in [0.1, 0.15) is 0 Å². The fourth-order valence-corrected chi connectivity index (χ4v) is 0. The maximum atomic E-state index is 7.75. The van der Waals surface area contributed by atoms with Gasteiger partial charge in [-0.05, 0) is 0 Å². The first-order valence-corrected chi connectivity index (χ1v) is 2.02. The molecule has 5 heteroatoms. The van der Waals surface area contributed by atoms with Crippen molar-refractivity contribution in [2.24, 2.45) is 11.5 Å². The van der Waals surface area contributed by atoms with Gasteiger partial charge in [0.25, 0.3) is 0 Å². The van der Waals surface area contributed by atoms with Gasteiger partial charge in [0.05, 0.1) is 0 Å². The van der Waals surface area contributed by atoms with Gasteiger partial charge in [-0.15, -0.1) is 12.5 Å². The van der Waals surface area contributed by atoms with Gasteiger partial charge in [-0.3, -0.25) is 0 Å². The van der Waals surface area contributed by atoms with Crippen molar-refractivity contribution in [1.82, 2.24) is 0 Å². The molecule has 0 heterocycles. The first-order valence-electron chi connectivity index (χ1n) is 2.02. The Morgan fingerprint density at radius 3 is 1.00 bits per heavy atom. The van der Waals surface area contributed by atoms with E-state index in [1.54, 1.807) is 0 Å². The zero-order valence-electron chi connectivity index (χ0n) is 5.37. The van der Waals surface area contributed by atoms with E-state index in [1.165, 1.54) is 13.8 Å². The summed E-state index contributed by atoms with van der Waals surface area (Å²) in [5.74, 6) is 0. The molecule has 0 spiro atoms. The summed E-state index contributed by atoms with van der Waals surface area (Å²) < 4.78 is 0. The van der Waals surface area contributed by atoms with Gasteiger partial charge in [0, 0.05) is 0 Å². The van der Waals surface area contributed by atoms with Crippen LogP contribution in [0.1, 0.15) is 13.8 Å². The summed E-state index contributed by atoms with van der Waals surface area (Å²) in [5.41, 5.74) is 9.17. The molecule has 0 saturated heterocycles. The van der Waals surface area contributed by atoms with Crippen LogP contribution in [0.25, 0.3) is 0 Å². The molecule has 60 valence electrons. The molecule has 0 fully saturated rings. The summed E-state index contributed by atoms with van der Waals surface area (Å²) in [5, 5.41) is 15.5. The molecule has 0 aromatic heterocycles. The van der Waals surface area contributed by atoms with E-state index in [1.807, 2.05) is 0 Å². The second-order valence-corrected chi connectivity index (χ2v) is 1.28. The molecular weight excluding hydrogens is 303 g/mol. The number of aliphatic hydroxyl groups excluding tert-OH is 2. The second kappa shape index (κ2) is 11.3. The van der Waals surface area contributed by atoms with E-state index in [2.05, 4.69) is 11.5 Å². The summed E-state index contributed by atoms with van der Waals surface area (Å²) in [6, 6.07) is 0. The van der Waals surface area contributed by atoms with Crippen molar-refractivity contribution in [1.29, 1.82) is 0 Å². The standard InChI is InChI=1S/2C2H6NO.Pt/c2*1-2(3)4;/h2*4H,3H2,1H3;/q2*-1;+2. The molecule has 0 rings (SSSR count). The first kappa shape index (κ1) is 16.3. The van der Waals surface area contributed by atoms with Gasteiger partial charge in [-0.1, -0.05) is 0 Å². The minimum absolute atomic E-state index is 0. The van der Waals surface area contributed by atoms with Crippen molar-refractivity contribution in [3.63, 3.8) is 0 Å². The molecule has 9 heavy (non-hydrogen) atoms. The summed E-state index contributed by atoms with van der Waals surface area (Å²) in [4.78, 5) is 0. The van der Waals surface area contributed by atoms with Crippen LogP contribution in [-0.4, -0.2) is 10.2 Å². The molecule has 4 nitrogen and oxygen atoms in total. The molecule has 0 aromatic carbocycles. The predicted molar refractivity (Wildman–Crippen MR) is 30.1 cm³/mol. The van der Waals surface area contributed by atoms with Crippen LogP contribution in [0.4, 0.5) is 0 Å². The van der Waals surface area contributed by atoms with Crippen LogP contribution in [0.5, 0.6) is 0 Å². The SMILES string of the molecule is C[C-](N)O.C[C-](N)O.[Pt+2]. The van der Waals surface area contributed by atoms with Gasteiger partial charge < -0.3 is 21.7 Å². The van der Waals surface area contributed by atoms with Crippen molar-refractivity contribution in [2.45, 2.75) is 13.8 Å². The number of hydrogen-bond donors (Lipinski definition) is 4. The van der Waals surface area contributed by atoms with Crippen molar-refractivity contribution in [2.75, 3.05) is 0 Å². The van der Waals surface area contributed by atoms with E-state index >= 15 is 0 Å². The van der Waals surface area contributed by atoms with E-state index in [0.29, 0.717) is 0 Å². The van der Waals surface area contributed by atoms with Crippen LogP contribution in [0, 0.1) is 12.5 Å². The Hall–Kier alpha value is 0.528. The summed E-state index contributed by atoms with van der Waals surface area (Å²) >= 11 is 0. The third-order valence-electron chi connectivity index (χ3n) is 0. The quantitative estimate of drug-likeness (QED) is 0.460. The van der Waals surface area contributed by atoms with Gasteiger partial charge in [-0.25, -0.2) is 0 Å². The topological polar surface area (TPSA) is 92.5 Å². The Morgan fingerprint density at radius 2 is 1.00 bits per heavy atom. The molecule has 0 aromatic rings. The smallest absolute Gasteiger partial charge is 0.549 e. The summed E-state index contributed by atoms with van der Waals surface area (Å²) in [6.07, 6.45) is -0.167. The average molecular weight is 315 g/mol. The zero-order chi connectivity index (χ0) is 7.15. The van der Waals surface area contributed by atoms with E-state index in [9.17, 15) is 0 Å². The van der Waals surface area contributed by atoms with Crippen molar-refractivity contribution < 1.29 is 31.3 Å². The molecule has 0 aliphatic heterocycles. The molecule has 0 unspecified atom stereocenters. The maximum absolute atomic E-state index is 7.75. The van der Waals surface area contributed by atoms with Gasteiger partial charge in [0.2, 0.25) is 0 Å². The fraction of sp³-hybridized carbons (Fsp3) is 0.500. The monoisotopic (exact) mass is 315 g/mol. The number of rotatable bonds is 0. The molecule has 0 aliphatic rings. The second-order valence-electron chi connectivity index (χ2n) is 1.28. The Bertz CT molecular complexity index is 32.0. The molecule has 0 amide bonds. The molecule has 0 radical (unpaired) electrons. The molecule has 0 atom stereocenters. The number of aliphatic hydroxyl groups is 2. The van der Waals surface area contributed by atoms with Crippen LogP contribution in [0.15, 0.2) is 0 Å². The Balaban J connectivity index is -0.0000000720. The number of hydrogen-bond acceptors (Lipinski definition) is 4. The predicted octanol–water partition coefficient (Wildman–Crippen LogP) is -0.349. The first-order chi connectivity index (χ1) is 3.46.